The third-order valence-electron chi connectivity index (χ3n) is 2.72. The molecule has 0 aliphatic rings. The van der Waals surface area contributed by atoms with Crippen LogP contribution in [0.25, 0.3) is 0 Å². The minimum absolute atomic E-state index is 0.0958. The fourth-order valence-corrected chi connectivity index (χ4v) is 1.64. The molecule has 88 valence electrons. The molecule has 0 fully saturated rings. The van der Waals surface area contributed by atoms with E-state index in [1.54, 1.807) is 6.07 Å². The monoisotopic (exact) mass is 229 g/mol. The Kier molecular flexibility index (Phi) is 3.60. The van der Waals surface area contributed by atoms with Crippen LogP contribution in [0.3, 0.4) is 0 Å². The Balaban J connectivity index is 1.89. The summed E-state index contributed by atoms with van der Waals surface area (Å²) in [5.41, 5.74) is 1.78. The zero-order chi connectivity index (χ0) is 12.1. The summed E-state index contributed by atoms with van der Waals surface area (Å²) in [7, 11) is 0. The minimum Gasteiger partial charge on any atom is -0.472 e. The topological polar surface area (TPSA) is 42.2 Å². The average Bonchev–Trinajstić information content (AvgIpc) is 2.90. The highest BCUT2D eigenvalue weighted by molar-refractivity contribution is 5.93. The van der Waals surface area contributed by atoms with Gasteiger partial charge in [-0.25, -0.2) is 0 Å². The third-order valence-corrected chi connectivity index (χ3v) is 2.72. The first-order chi connectivity index (χ1) is 8.27. The van der Waals surface area contributed by atoms with Crippen LogP contribution in [0.15, 0.2) is 53.3 Å². The van der Waals surface area contributed by atoms with Crippen LogP contribution in [0.2, 0.25) is 0 Å². The summed E-state index contributed by atoms with van der Waals surface area (Å²) in [6, 6.07) is 11.8. The van der Waals surface area contributed by atoms with E-state index >= 15 is 0 Å². The van der Waals surface area contributed by atoms with Gasteiger partial charge >= 0.3 is 0 Å². The lowest BCUT2D eigenvalue weighted by Crippen LogP contribution is -2.27. The van der Waals surface area contributed by atoms with Gasteiger partial charge in [-0.15, -0.1) is 0 Å². The van der Waals surface area contributed by atoms with Crippen molar-refractivity contribution in [1.29, 1.82) is 0 Å². The lowest BCUT2D eigenvalue weighted by Gasteiger charge is -2.12. The van der Waals surface area contributed by atoms with E-state index in [0.717, 1.165) is 0 Å². The number of nitrogens with one attached hydrogen (secondary N) is 1. The summed E-state index contributed by atoms with van der Waals surface area (Å²) < 4.78 is 4.87. The number of rotatable bonds is 4. The second-order valence-corrected chi connectivity index (χ2v) is 4.03. The molecule has 0 radical (unpaired) electrons. The van der Waals surface area contributed by atoms with Gasteiger partial charge < -0.3 is 9.73 Å². The van der Waals surface area contributed by atoms with Crippen LogP contribution in [0.5, 0.6) is 0 Å². The van der Waals surface area contributed by atoms with Crippen LogP contribution in [0.1, 0.15) is 28.8 Å². The van der Waals surface area contributed by atoms with Gasteiger partial charge in [0, 0.05) is 6.54 Å². The van der Waals surface area contributed by atoms with Gasteiger partial charge in [0.25, 0.3) is 5.91 Å². The lowest BCUT2D eigenvalue weighted by molar-refractivity contribution is 0.0951. The first kappa shape index (κ1) is 11.5. The summed E-state index contributed by atoms with van der Waals surface area (Å²) in [5.74, 6) is 0.202. The Morgan fingerprint density at radius 3 is 2.71 bits per heavy atom. The van der Waals surface area contributed by atoms with Gasteiger partial charge in [-0.2, -0.15) is 0 Å². The van der Waals surface area contributed by atoms with E-state index in [1.165, 1.54) is 18.1 Å². The smallest absolute Gasteiger partial charge is 0.254 e. The van der Waals surface area contributed by atoms with Crippen molar-refractivity contribution in [2.45, 2.75) is 12.8 Å². The molecule has 0 unspecified atom stereocenters. The van der Waals surface area contributed by atoms with Crippen molar-refractivity contribution in [3.05, 3.63) is 60.1 Å². The molecule has 1 aromatic heterocycles. The molecular weight excluding hydrogens is 214 g/mol. The summed E-state index contributed by atoms with van der Waals surface area (Å²) in [5, 5.41) is 2.88. The molecule has 0 saturated heterocycles. The van der Waals surface area contributed by atoms with E-state index < -0.39 is 0 Å². The van der Waals surface area contributed by atoms with Crippen molar-refractivity contribution < 1.29 is 9.21 Å². The molecule has 2 rings (SSSR count). The Labute approximate surface area is 100 Å². The summed E-state index contributed by atoms with van der Waals surface area (Å²) in [6.07, 6.45) is 2.94. The molecule has 1 heterocycles. The van der Waals surface area contributed by atoms with Gasteiger partial charge in [-0.05, 0) is 17.5 Å². The lowest BCUT2D eigenvalue weighted by atomic mass is 10.0. The molecule has 1 N–H and O–H groups in total. The molecule has 0 aliphatic heterocycles. The van der Waals surface area contributed by atoms with E-state index in [1.807, 2.05) is 18.2 Å². The largest absolute Gasteiger partial charge is 0.472 e. The minimum atomic E-state index is -0.0958. The Hall–Kier alpha value is -2.03. The van der Waals surface area contributed by atoms with Crippen molar-refractivity contribution >= 4 is 5.91 Å². The molecule has 0 spiro atoms. The van der Waals surface area contributed by atoms with Crippen molar-refractivity contribution in [2.75, 3.05) is 6.54 Å². The highest BCUT2D eigenvalue weighted by Gasteiger charge is 2.09. The number of amides is 1. The quantitative estimate of drug-likeness (QED) is 0.876. The zero-order valence-electron chi connectivity index (χ0n) is 9.72. The van der Waals surface area contributed by atoms with Crippen LogP contribution in [-0.2, 0) is 0 Å². The van der Waals surface area contributed by atoms with E-state index in [-0.39, 0.29) is 5.91 Å². The molecule has 1 amide bonds. The number of carbonyl (C=O) groups excluding carboxylic acids is 1. The zero-order valence-corrected chi connectivity index (χ0v) is 9.72. The molecule has 3 heteroatoms. The van der Waals surface area contributed by atoms with E-state index in [2.05, 4.69) is 24.4 Å². The van der Waals surface area contributed by atoms with Crippen LogP contribution < -0.4 is 5.32 Å². The van der Waals surface area contributed by atoms with Gasteiger partial charge in [-0.1, -0.05) is 37.3 Å². The molecule has 0 aliphatic carbocycles. The van der Waals surface area contributed by atoms with Gasteiger partial charge in [-0.3, -0.25) is 4.79 Å². The first-order valence-corrected chi connectivity index (χ1v) is 5.62. The van der Waals surface area contributed by atoms with Crippen LogP contribution in [-0.4, -0.2) is 12.5 Å². The molecule has 3 nitrogen and oxygen atoms in total. The molecule has 2 aromatic rings. The van der Waals surface area contributed by atoms with Crippen molar-refractivity contribution in [2.24, 2.45) is 0 Å². The van der Waals surface area contributed by atoms with Gasteiger partial charge in [0.2, 0.25) is 0 Å². The molecule has 17 heavy (non-hydrogen) atoms. The van der Waals surface area contributed by atoms with Gasteiger partial charge in [0.15, 0.2) is 0 Å². The third kappa shape index (κ3) is 2.97. The summed E-state index contributed by atoms with van der Waals surface area (Å²) in [4.78, 5) is 11.7. The van der Waals surface area contributed by atoms with E-state index in [9.17, 15) is 4.79 Å². The number of benzene rings is 1. The second kappa shape index (κ2) is 5.34. The summed E-state index contributed by atoms with van der Waals surface area (Å²) in [6.45, 7) is 2.71. The maximum Gasteiger partial charge on any atom is 0.254 e. The van der Waals surface area contributed by atoms with Crippen molar-refractivity contribution in [3.63, 3.8) is 0 Å². The Morgan fingerprint density at radius 2 is 2.06 bits per heavy atom. The highest BCUT2D eigenvalue weighted by Crippen LogP contribution is 2.13. The normalized spacial score (nSPS) is 12.1. The molecule has 1 aromatic carbocycles. The number of furan rings is 1. The van der Waals surface area contributed by atoms with E-state index in [4.69, 9.17) is 4.42 Å². The van der Waals surface area contributed by atoms with Crippen molar-refractivity contribution in [3.8, 4) is 0 Å². The van der Waals surface area contributed by atoms with Crippen molar-refractivity contribution in [1.82, 2.24) is 5.32 Å². The van der Waals surface area contributed by atoms with Crippen LogP contribution in [0, 0.1) is 0 Å². The Bertz CT molecular complexity index is 462. The SMILES string of the molecule is C[C@H](CNC(=O)c1ccoc1)c1ccccc1. The second-order valence-electron chi connectivity index (χ2n) is 4.03. The first-order valence-electron chi connectivity index (χ1n) is 5.62. The number of hydrogen-bond donors (Lipinski definition) is 1. The number of hydrogen-bond acceptors (Lipinski definition) is 2. The van der Waals surface area contributed by atoms with Gasteiger partial charge in [0.1, 0.15) is 6.26 Å². The highest BCUT2D eigenvalue weighted by atomic mass is 16.3. The average molecular weight is 229 g/mol. The fourth-order valence-electron chi connectivity index (χ4n) is 1.64. The van der Waals surface area contributed by atoms with Crippen LogP contribution >= 0.6 is 0 Å². The summed E-state index contributed by atoms with van der Waals surface area (Å²) >= 11 is 0. The molecule has 1 atom stereocenters. The molecular formula is C14H15NO2. The fraction of sp³-hybridized carbons (Fsp3) is 0.214. The predicted molar refractivity (Wildman–Crippen MR) is 65.9 cm³/mol. The molecule has 0 saturated carbocycles. The van der Waals surface area contributed by atoms with E-state index in [0.29, 0.717) is 18.0 Å². The van der Waals surface area contributed by atoms with Gasteiger partial charge in [0.05, 0.1) is 11.8 Å². The predicted octanol–water partition coefficient (Wildman–Crippen LogP) is 2.81. The van der Waals surface area contributed by atoms with Crippen LogP contribution in [0.4, 0.5) is 0 Å². The maximum atomic E-state index is 11.7. The number of carbonyl (C=O) groups is 1. The Morgan fingerprint density at radius 1 is 1.29 bits per heavy atom. The maximum absolute atomic E-state index is 11.7. The molecule has 0 bridgehead atoms. The standard InChI is InChI=1S/C14H15NO2/c1-11(12-5-3-2-4-6-12)9-15-14(16)13-7-8-17-10-13/h2-8,10-11H,9H2,1H3,(H,15,16)/t11-/m1/s1.